The maximum Gasteiger partial charge on any atom is 0.434 e. The average Bonchev–Trinajstić information content (AvgIpc) is 3.19. The normalized spacial score (nSPS) is 17.4. The van der Waals surface area contributed by atoms with E-state index in [0.717, 1.165) is 29.6 Å². The summed E-state index contributed by atoms with van der Waals surface area (Å²) >= 11 is 0.978. The summed E-state index contributed by atoms with van der Waals surface area (Å²) in [5, 5.41) is 7.76. The molecule has 0 atom stereocenters. The number of hydrogen-bond acceptors (Lipinski definition) is 4. The van der Waals surface area contributed by atoms with E-state index in [1.165, 1.54) is 5.56 Å². The summed E-state index contributed by atoms with van der Waals surface area (Å²) < 4.78 is 43.6. The number of aromatic nitrogens is 1. The molecule has 28 heavy (non-hydrogen) atoms. The molecule has 0 radical (unpaired) electrons. The first-order valence-electron chi connectivity index (χ1n) is 9.02. The average molecular weight is 412 g/mol. The smallest absolute Gasteiger partial charge is 0.381 e. The zero-order chi connectivity index (χ0) is 20.0. The molecule has 0 bridgehead atoms. The number of hydrogen-bond donors (Lipinski definition) is 2. The fourth-order valence-electron chi connectivity index (χ4n) is 3.28. The van der Waals surface area contributed by atoms with E-state index in [-0.39, 0.29) is 12.0 Å². The minimum atomic E-state index is -4.42. The molecule has 1 aromatic carbocycles. The summed E-state index contributed by atoms with van der Waals surface area (Å²) in [4.78, 5) is 7.82. The third kappa shape index (κ3) is 5.02. The van der Waals surface area contributed by atoms with Crippen molar-refractivity contribution in [1.82, 2.24) is 15.6 Å². The van der Waals surface area contributed by atoms with Crippen molar-refractivity contribution < 1.29 is 17.9 Å². The molecule has 2 aromatic rings. The largest absolute Gasteiger partial charge is 0.434 e. The van der Waals surface area contributed by atoms with Gasteiger partial charge in [0.1, 0.15) is 5.01 Å². The van der Waals surface area contributed by atoms with Crippen LogP contribution in [0.2, 0.25) is 0 Å². The molecule has 152 valence electrons. The molecule has 0 spiro atoms. The summed E-state index contributed by atoms with van der Waals surface area (Å²) in [6.07, 6.45) is -2.63. The van der Waals surface area contributed by atoms with Crippen molar-refractivity contribution in [2.24, 2.45) is 4.99 Å². The van der Waals surface area contributed by atoms with Crippen LogP contribution in [0.15, 0.2) is 40.7 Å². The molecule has 1 aromatic heterocycles. The topological polar surface area (TPSA) is 58.5 Å². The highest BCUT2D eigenvalue weighted by atomic mass is 32.1. The van der Waals surface area contributed by atoms with Crippen LogP contribution in [0.4, 0.5) is 13.2 Å². The van der Waals surface area contributed by atoms with E-state index in [1.54, 1.807) is 7.05 Å². The molecular weight excluding hydrogens is 389 g/mol. The quantitative estimate of drug-likeness (QED) is 0.582. The van der Waals surface area contributed by atoms with Crippen LogP contribution in [0.1, 0.15) is 29.1 Å². The van der Waals surface area contributed by atoms with Crippen LogP contribution in [-0.2, 0) is 22.9 Å². The van der Waals surface area contributed by atoms with Gasteiger partial charge in [-0.05, 0) is 18.4 Å². The van der Waals surface area contributed by atoms with E-state index in [9.17, 15) is 13.2 Å². The molecular formula is C19H23F3N4OS. The summed E-state index contributed by atoms with van der Waals surface area (Å²) in [7, 11) is 1.64. The highest BCUT2D eigenvalue weighted by Gasteiger charge is 2.35. The molecule has 2 heterocycles. The SMILES string of the molecule is CN=C(NCc1nc(C(F)(F)F)cs1)NCC1(c2ccccc2)CCOCC1. The molecule has 9 heteroatoms. The Bertz CT molecular complexity index is 786. The van der Waals surface area contributed by atoms with E-state index in [2.05, 4.69) is 32.7 Å². The van der Waals surface area contributed by atoms with Gasteiger partial charge in [0.05, 0.1) is 6.54 Å². The first-order valence-corrected chi connectivity index (χ1v) is 9.90. The van der Waals surface area contributed by atoms with Gasteiger partial charge in [-0.1, -0.05) is 30.3 Å². The van der Waals surface area contributed by atoms with Crippen LogP contribution in [0.25, 0.3) is 0 Å². The van der Waals surface area contributed by atoms with Crippen molar-refractivity contribution >= 4 is 17.3 Å². The lowest BCUT2D eigenvalue weighted by atomic mass is 9.74. The Kier molecular flexibility index (Phi) is 6.56. The molecule has 1 aliphatic heterocycles. The summed E-state index contributed by atoms with van der Waals surface area (Å²) in [5.41, 5.74) is 0.320. The first-order chi connectivity index (χ1) is 13.4. The second-order valence-corrected chi connectivity index (χ2v) is 7.60. The Labute approximate surface area is 166 Å². The Morgan fingerprint density at radius 3 is 2.54 bits per heavy atom. The van der Waals surface area contributed by atoms with Gasteiger partial charge in [-0.3, -0.25) is 4.99 Å². The van der Waals surface area contributed by atoms with Crippen molar-refractivity contribution in [1.29, 1.82) is 0 Å². The molecule has 0 saturated carbocycles. The standard InChI is InChI=1S/C19H23F3N4OS/c1-23-17(24-11-16-26-15(12-28-16)19(20,21)22)25-13-18(7-9-27-10-8-18)14-5-3-2-4-6-14/h2-6,12H,7-11,13H2,1H3,(H2,23,24,25). The molecule has 0 unspecified atom stereocenters. The van der Waals surface area contributed by atoms with Crippen molar-refractivity contribution in [2.75, 3.05) is 26.8 Å². The molecule has 2 N–H and O–H groups in total. The van der Waals surface area contributed by atoms with Gasteiger partial charge >= 0.3 is 6.18 Å². The summed E-state index contributed by atoms with van der Waals surface area (Å²) in [6.45, 7) is 2.23. The number of benzene rings is 1. The monoisotopic (exact) mass is 412 g/mol. The maximum atomic E-state index is 12.7. The van der Waals surface area contributed by atoms with E-state index in [1.807, 2.05) is 18.2 Å². The fraction of sp³-hybridized carbons (Fsp3) is 0.474. The van der Waals surface area contributed by atoms with E-state index in [4.69, 9.17) is 4.74 Å². The zero-order valence-electron chi connectivity index (χ0n) is 15.6. The molecule has 0 aliphatic carbocycles. The number of aliphatic imine (C=N–C) groups is 1. The molecule has 1 fully saturated rings. The predicted octanol–water partition coefficient (Wildman–Crippen LogP) is 3.58. The molecule has 5 nitrogen and oxygen atoms in total. The van der Waals surface area contributed by atoms with Gasteiger partial charge in [-0.2, -0.15) is 13.2 Å². The fourth-order valence-corrected chi connectivity index (χ4v) is 4.02. The van der Waals surface area contributed by atoms with Gasteiger partial charge in [-0.25, -0.2) is 4.98 Å². The number of alkyl halides is 3. The second-order valence-electron chi connectivity index (χ2n) is 6.66. The van der Waals surface area contributed by atoms with Crippen LogP contribution in [-0.4, -0.2) is 37.7 Å². The Balaban J connectivity index is 1.61. The predicted molar refractivity (Wildman–Crippen MR) is 103 cm³/mol. The van der Waals surface area contributed by atoms with Gasteiger partial charge in [-0.15, -0.1) is 11.3 Å². The molecule has 1 aliphatic rings. The number of rotatable bonds is 5. The maximum absolute atomic E-state index is 12.7. The van der Waals surface area contributed by atoms with Crippen LogP contribution in [0.5, 0.6) is 0 Å². The lowest BCUT2D eigenvalue weighted by Gasteiger charge is -2.38. The highest BCUT2D eigenvalue weighted by Crippen LogP contribution is 2.34. The van der Waals surface area contributed by atoms with Gasteiger partial charge in [0.25, 0.3) is 0 Å². The number of thiazole rings is 1. The first kappa shape index (κ1) is 20.6. The molecule has 1 saturated heterocycles. The lowest BCUT2D eigenvalue weighted by Crippen LogP contribution is -2.47. The third-order valence-electron chi connectivity index (χ3n) is 4.90. The summed E-state index contributed by atoms with van der Waals surface area (Å²) in [6, 6.07) is 10.3. The van der Waals surface area contributed by atoms with Crippen LogP contribution in [0.3, 0.4) is 0 Å². The van der Waals surface area contributed by atoms with Crippen molar-refractivity contribution in [2.45, 2.75) is 31.0 Å². The van der Waals surface area contributed by atoms with E-state index in [0.29, 0.717) is 30.7 Å². The summed E-state index contributed by atoms with van der Waals surface area (Å²) in [5.74, 6) is 0.533. The van der Waals surface area contributed by atoms with Gasteiger partial charge in [0, 0.05) is 37.6 Å². The van der Waals surface area contributed by atoms with Gasteiger partial charge in [0.2, 0.25) is 0 Å². The molecule has 3 rings (SSSR count). The Morgan fingerprint density at radius 1 is 1.21 bits per heavy atom. The Hall–Kier alpha value is -2.13. The van der Waals surface area contributed by atoms with Crippen LogP contribution >= 0.6 is 11.3 Å². The van der Waals surface area contributed by atoms with Gasteiger partial charge < -0.3 is 15.4 Å². The number of halogens is 3. The number of guanidine groups is 1. The second kappa shape index (κ2) is 8.91. The van der Waals surface area contributed by atoms with E-state index < -0.39 is 11.9 Å². The van der Waals surface area contributed by atoms with Gasteiger partial charge in [0.15, 0.2) is 11.7 Å². The Morgan fingerprint density at radius 2 is 1.93 bits per heavy atom. The van der Waals surface area contributed by atoms with E-state index >= 15 is 0 Å². The van der Waals surface area contributed by atoms with Crippen LogP contribution in [0, 0.1) is 0 Å². The highest BCUT2D eigenvalue weighted by molar-refractivity contribution is 7.09. The number of ether oxygens (including phenoxy) is 1. The zero-order valence-corrected chi connectivity index (χ0v) is 16.4. The minimum Gasteiger partial charge on any atom is -0.381 e. The number of nitrogens with zero attached hydrogens (tertiary/aromatic N) is 2. The van der Waals surface area contributed by atoms with Crippen molar-refractivity contribution in [3.63, 3.8) is 0 Å². The van der Waals surface area contributed by atoms with Crippen molar-refractivity contribution in [3.05, 3.63) is 52.0 Å². The minimum absolute atomic E-state index is 0.0677. The van der Waals surface area contributed by atoms with Crippen LogP contribution < -0.4 is 10.6 Å². The number of nitrogens with one attached hydrogen (secondary N) is 2. The van der Waals surface area contributed by atoms with Crippen molar-refractivity contribution in [3.8, 4) is 0 Å². The molecule has 0 amide bonds. The third-order valence-corrected chi connectivity index (χ3v) is 5.75. The lowest BCUT2D eigenvalue weighted by molar-refractivity contribution is -0.140.